The van der Waals surface area contributed by atoms with Crippen molar-refractivity contribution in [2.75, 3.05) is 18.1 Å². The van der Waals surface area contributed by atoms with Crippen LogP contribution in [0, 0.1) is 0 Å². The van der Waals surface area contributed by atoms with E-state index < -0.39 is 0 Å². The third kappa shape index (κ3) is 4.29. The van der Waals surface area contributed by atoms with Crippen molar-refractivity contribution in [2.45, 2.75) is 38.7 Å². The molecule has 1 aliphatic rings. The summed E-state index contributed by atoms with van der Waals surface area (Å²) in [5.41, 5.74) is 2.50. The van der Waals surface area contributed by atoms with E-state index in [2.05, 4.69) is 19.9 Å². The maximum absolute atomic E-state index is 13.5. The van der Waals surface area contributed by atoms with Crippen LogP contribution in [0.25, 0.3) is 10.2 Å². The summed E-state index contributed by atoms with van der Waals surface area (Å²) in [7, 11) is 0. The number of nitrogens with zero attached hydrogens (tertiary/aromatic N) is 2. The predicted molar refractivity (Wildman–Crippen MR) is 121 cm³/mol. The molecule has 0 saturated carbocycles. The van der Waals surface area contributed by atoms with Crippen LogP contribution >= 0.6 is 34.5 Å². The van der Waals surface area contributed by atoms with Gasteiger partial charge in [0.05, 0.1) is 33.5 Å². The Hall–Kier alpha value is -1.66. The summed E-state index contributed by atoms with van der Waals surface area (Å²) >= 11 is 14.0. The minimum atomic E-state index is -0.210. The molecule has 0 bridgehead atoms. The molecule has 1 atom stereocenters. The summed E-state index contributed by atoms with van der Waals surface area (Å²) in [6.07, 6.45) is 1.92. The van der Waals surface area contributed by atoms with E-state index in [9.17, 15) is 4.79 Å². The molecule has 1 aromatic heterocycles. The van der Waals surface area contributed by atoms with Gasteiger partial charge in [-0.3, -0.25) is 9.69 Å². The lowest BCUT2D eigenvalue weighted by Gasteiger charge is -2.23. The van der Waals surface area contributed by atoms with E-state index in [0.717, 1.165) is 29.7 Å². The summed E-state index contributed by atoms with van der Waals surface area (Å²) < 4.78 is 6.87. The van der Waals surface area contributed by atoms with E-state index in [0.29, 0.717) is 33.2 Å². The van der Waals surface area contributed by atoms with Crippen molar-refractivity contribution in [3.63, 3.8) is 0 Å². The van der Waals surface area contributed by atoms with Crippen molar-refractivity contribution in [1.82, 2.24) is 4.98 Å². The second-order valence-electron chi connectivity index (χ2n) is 7.52. The lowest BCUT2D eigenvalue weighted by atomic mass is 10.0. The molecule has 4 rings (SSSR count). The zero-order chi connectivity index (χ0) is 20.5. The highest BCUT2D eigenvalue weighted by Crippen LogP contribution is 2.35. The summed E-state index contributed by atoms with van der Waals surface area (Å²) in [6, 6.07) is 11.1. The molecule has 0 aliphatic carbocycles. The van der Waals surface area contributed by atoms with Gasteiger partial charge in [0.1, 0.15) is 0 Å². The largest absolute Gasteiger partial charge is 0.376 e. The first-order chi connectivity index (χ1) is 13.9. The van der Waals surface area contributed by atoms with Gasteiger partial charge in [-0.25, -0.2) is 4.98 Å². The molecule has 0 N–H and O–H groups in total. The van der Waals surface area contributed by atoms with Crippen LogP contribution in [0.4, 0.5) is 5.13 Å². The number of carbonyl (C=O) groups excluding carboxylic acids is 1. The van der Waals surface area contributed by atoms with Crippen LogP contribution < -0.4 is 4.90 Å². The zero-order valence-corrected chi connectivity index (χ0v) is 18.7. The van der Waals surface area contributed by atoms with E-state index in [4.69, 9.17) is 32.9 Å². The van der Waals surface area contributed by atoms with E-state index >= 15 is 0 Å². The molecule has 1 fully saturated rings. The number of halogens is 2. The summed E-state index contributed by atoms with van der Waals surface area (Å²) in [5.74, 6) is 0.136. The Bertz CT molecular complexity index is 1040. The number of rotatable bonds is 5. The molecule has 29 heavy (non-hydrogen) atoms. The molecule has 7 heteroatoms. The first-order valence-corrected chi connectivity index (χ1v) is 11.3. The van der Waals surface area contributed by atoms with Crippen LogP contribution in [0.5, 0.6) is 0 Å². The second-order valence-corrected chi connectivity index (χ2v) is 9.37. The maximum atomic E-state index is 13.5. The molecule has 1 unspecified atom stereocenters. The molecule has 0 spiro atoms. The fraction of sp³-hybridized carbons (Fsp3) is 0.364. The van der Waals surface area contributed by atoms with Crippen LogP contribution in [0.15, 0.2) is 36.4 Å². The summed E-state index contributed by atoms with van der Waals surface area (Å²) in [5, 5.41) is 1.51. The van der Waals surface area contributed by atoms with E-state index in [1.54, 1.807) is 23.1 Å². The highest BCUT2D eigenvalue weighted by Gasteiger charge is 2.28. The monoisotopic (exact) mass is 448 g/mol. The van der Waals surface area contributed by atoms with Gasteiger partial charge in [-0.05, 0) is 48.6 Å². The molecule has 1 amide bonds. The van der Waals surface area contributed by atoms with Crippen molar-refractivity contribution < 1.29 is 9.53 Å². The molecule has 3 aromatic rings. The molecular formula is C22H22Cl2N2O2S. The fourth-order valence-corrected chi connectivity index (χ4v) is 4.96. The van der Waals surface area contributed by atoms with Crippen LogP contribution in [-0.4, -0.2) is 30.1 Å². The number of para-hydroxylation sites is 1. The van der Waals surface area contributed by atoms with Crippen molar-refractivity contribution in [1.29, 1.82) is 0 Å². The normalized spacial score (nSPS) is 16.7. The van der Waals surface area contributed by atoms with Crippen molar-refractivity contribution in [3.8, 4) is 0 Å². The molecular weight excluding hydrogens is 427 g/mol. The van der Waals surface area contributed by atoms with Crippen LogP contribution in [-0.2, 0) is 4.74 Å². The van der Waals surface area contributed by atoms with E-state index in [1.807, 2.05) is 12.1 Å². The zero-order valence-electron chi connectivity index (χ0n) is 16.3. The van der Waals surface area contributed by atoms with Crippen LogP contribution in [0.3, 0.4) is 0 Å². The Morgan fingerprint density at radius 1 is 1.31 bits per heavy atom. The number of thiazole rings is 1. The smallest absolute Gasteiger partial charge is 0.261 e. The quantitative estimate of drug-likeness (QED) is 0.444. The highest BCUT2D eigenvalue weighted by molar-refractivity contribution is 7.22. The number of ether oxygens (including phenoxy) is 1. The number of anilines is 1. The molecule has 1 saturated heterocycles. The number of aromatic nitrogens is 1. The molecule has 1 aliphatic heterocycles. The fourth-order valence-electron chi connectivity index (χ4n) is 3.59. The molecule has 2 heterocycles. The average Bonchev–Trinajstić information content (AvgIpc) is 3.36. The molecule has 152 valence electrons. The van der Waals surface area contributed by atoms with Gasteiger partial charge in [0.25, 0.3) is 5.91 Å². The van der Waals surface area contributed by atoms with Crippen LogP contribution in [0.2, 0.25) is 10.0 Å². The Morgan fingerprint density at radius 2 is 2.14 bits per heavy atom. The highest BCUT2D eigenvalue weighted by atomic mass is 35.5. The number of hydrogen-bond donors (Lipinski definition) is 0. The maximum Gasteiger partial charge on any atom is 0.261 e. The second kappa shape index (κ2) is 8.60. The van der Waals surface area contributed by atoms with Gasteiger partial charge < -0.3 is 4.74 Å². The van der Waals surface area contributed by atoms with Crippen LogP contribution in [0.1, 0.15) is 48.5 Å². The van der Waals surface area contributed by atoms with Gasteiger partial charge in [0.15, 0.2) is 5.13 Å². The lowest BCUT2D eigenvalue weighted by Crippen LogP contribution is -2.37. The Labute approximate surface area is 184 Å². The topological polar surface area (TPSA) is 42.4 Å². The molecule has 2 aromatic carbocycles. The molecule has 0 radical (unpaired) electrons. The van der Waals surface area contributed by atoms with Crippen molar-refractivity contribution in [2.24, 2.45) is 0 Å². The standard InChI is InChI=1S/C22H22Cl2N2O2S/c1-13(2)16-6-3-7-19-20(16)25-22(29-19)26(12-15-5-4-10-28-15)21(27)17-11-14(23)8-9-18(17)24/h3,6-9,11,13,15H,4-5,10,12H2,1-2H3. The predicted octanol–water partition coefficient (Wildman–Crippen LogP) is 6.55. The van der Waals surface area contributed by atoms with Crippen molar-refractivity contribution in [3.05, 3.63) is 57.6 Å². The van der Waals surface area contributed by atoms with Gasteiger partial charge in [-0.1, -0.05) is 60.5 Å². The first-order valence-electron chi connectivity index (χ1n) is 9.72. The van der Waals surface area contributed by atoms with E-state index in [1.165, 1.54) is 16.9 Å². The number of fused-ring (bicyclic) bond motifs is 1. The summed E-state index contributed by atoms with van der Waals surface area (Å²) in [6.45, 7) is 5.46. The Kier molecular flexibility index (Phi) is 6.11. The van der Waals surface area contributed by atoms with Gasteiger partial charge in [0.2, 0.25) is 0 Å². The van der Waals surface area contributed by atoms with Crippen molar-refractivity contribution >= 4 is 55.8 Å². The Balaban J connectivity index is 1.78. The lowest BCUT2D eigenvalue weighted by molar-refractivity contribution is 0.0917. The third-order valence-corrected chi connectivity index (χ3v) is 6.71. The minimum Gasteiger partial charge on any atom is -0.376 e. The average molecular weight is 449 g/mol. The summed E-state index contributed by atoms with van der Waals surface area (Å²) in [4.78, 5) is 20.1. The SMILES string of the molecule is CC(C)c1cccc2sc(N(CC3CCCO3)C(=O)c3cc(Cl)ccc3Cl)nc12. The van der Waals surface area contributed by atoms with Gasteiger partial charge in [-0.2, -0.15) is 0 Å². The third-order valence-electron chi connectivity index (χ3n) is 5.11. The number of benzene rings is 2. The minimum absolute atomic E-state index is 0.00603. The number of carbonyl (C=O) groups is 1. The molecule has 4 nitrogen and oxygen atoms in total. The van der Waals surface area contributed by atoms with Gasteiger partial charge >= 0.3 is 0 Å². The Morgan fingerprint density at radius 3 is 2.86 bits per heavy atom. The van der Waals surface area contributed by atoms with Gasteiger partial charge in [0, 0.05) is 11.6 Å². The first kappa shape index (κ1) is 20.6. The number of hydrogen-bond acceptors (Lipinski definition) is 4. The van der Waals surface area contributed by atoms with E-state index in [-0.39, 0.29) is 12.0 Å². The number of amides is 1. The van der Waals surface area contributed by atoms with Gasteiger partial charge in [-0.15, -0.1) is 0 Å².